The first-order valence-corrected chi connectivity index (χ1v) is 6.24. The van der Waals surface area contributed by atoms with Crippen LogP contribution in [0, 0.1) is 0 Å². The van der Waals surface area contributed by atoms with E-state index < -0.39 is 0 Å². The Hall–Kier alpha value is -2.55. The Bertz CT molecular complexity index is 671. The summed E-state index contributed by atoms with van der Waals surface area (Å²) in [6.45, 7) is 0.733. The summed E-state index contributed by atoms with van der Waals surface area (Å²) in [4.78, 5) is 4.43. The number of hydrogen-bond donors (Lipinski definition) is 1. The van der Waals surface area contributed by atoms with Gasteiger partial charge in [0.2, 0.25) is 0 Å². The maximum atomic E-state index is 5.99. The van der Waals surface area contributed by atoms with Crippen molar-refractivity contribution < 1.29 is 0 Å². The Morgan fingerprint density at radius 2 is 1.68 bits per heavy atom. The van der Waals surface area contributed by atoms with E-state index in [0.29, 0.717) is 0 Å². The predicted octanol–water partition coefficient (Wildman–Crippen LogP) is 3.18. The Morgan fingerprint density at radius 3 is 2.47 bits per heavy atom. The van der Waals surface area contributed by atoms with Crippen LogP contribution in [0.4, 0.5) is 5.69 Å². The van der Waals surface area contributed by atoms with Crippen molar-refractivity contribution in [1.29, 1.82) is 0 Å². The van der Waals surface area contributed by atoms with Crippen molar-refractivity contribution in [1.82, 2.24) is 9.55 Å². The summed E-state index contributed by atoms with van der Waals surface area (Å²) >= 11 is 0. The molecule has 0 bridgehead atoms. The Morgan fingerprint density at radius 1 is 0.947 bits per heavy atom. The highest BCUT2D eigenvalue weighted by Gasteiger charge is 2.06. The molecule has 0 saturated carbocycles. The summed E-state index contributed by atoms with van der Waals surface area (Å²) in [6, 6.07) is 18.1. The van der Waals surface area contributed by atoms with Gasteiger partial charge in [-0.05, 0) is 11.6 Å². The van der Waals surface area contributed by atoms with E-state index in [2.05, 4.69) is 21.7 Å². The predicted molar refractivity (Wildman–Crippen MR) is 77.6 cm³/mol. The second-order valence-electron chi connectivity index (χ2n) is 4.44. The van der Waals surface area contributed by atoms with Gasteiger partial charge in [-0.25, -0.2) is 4.98 Å². The molecular formula is C16H15N3. The van der Waals surface area contributed by atoms with E-state index in [0.717, 1.165) is 29.2 Å². The first kappa shape index (κ1) is 11.5. The molecule has 0 aliphatic heterocycles. The van der Waals surface area contributed by atoms with Gasteiger partial charge in [0.15, 0.2) is 0 Å². The maximum absolute atomic E-state index is 5.99. The highest BCUT2D eigenvalue weighted by molar-refractivity contribution is 5.56. The van der Waals surface area contributed by atoms with Crippen LogP contribution in [0.15, 0.2) is 67.0 Å². The van der Waals surface area contributed by atoms with E-state index in [1.807, 2.05) is 54.9 Å². The number of para-hydroxylation sites is 1. The van der Waals surface area contributed by atoms with Crippen LogP contribution < -0.4 is 5.73 Å². The fraction of sp³-hybridized carbons (Fsp3) is 0.0625. The number of nitrogens with two attached hydrogens (primary N) is 1. The SMILES string of the molecule is Nc1ccccc1Cn1ccnc1-c1ccccc1. The smallest absolute Gasteiger partial charge is 0.140 e. The molecule has 0 radical (unpaired) electrons. The molecule has 0 spiro atoms. The number of nitrogens with zero attached hydrogens (tertiary/aromatic N) is 2. The van der Waals surface area contributed by atoms with Crippen molar-refractivity contribution in [3.05, 3.63) is 72.6 Å². The molecule has 19 heavy (non-hydrogen) atoms. The second kappa shape index (κ2) is 4.98. The first-order chi connectivity index (χ1) is 9.34. The highest BCUT2D eigenvalue weighted by atomic mass is 15.1. The third kappa shape index (κ3) is 2.36. The zero-order valence-corrected chi connectivity index (χ0v) is 10.5. The van der Waals surface area contributed by atoms with Crippen molar-refractivity contribution in [2.24, 2.45) is 0 Å². The average Bonchev–Trinajstić information content (AvgIpc) is 2.91. The minimum Gasteiger partial charge on any atom is -0.398 e. The molecule has 3 nitrogen and oxygen atoms in total. The molecule has 0 aliphatic rings. The molecule has 1 aromatic heterocycles. The first-order valence-electron chi connectivity index (χ1n) is 6.24. The number of benzene rings is 2. The molecule has 3 rings (SSSR count). The molecule has 2 N–H and O–H groups in total. The van der Waals surface area contributed by atoms with Crippen LogP contribution >= 0.6 is 0 Å². The van der Waals surface area contributed by atoms with Crippen molar-refractivity contribution in [3.63, 3.8) is 0 Å². The zero-order valence-electron chi connectivity index (χ0n) is 10.5. The van der Waals surface area contributed by atoms with Gasteiger partial charge >= 0.3 is 0 Å². The van der Waals surface area contributed by atoms with E-state index in [1.54, 1.807) is 0 Å². The number of imidazole rings is 1. The average molecular weight is 249 g/mol. The Labute approximate surface area is 112 Å². The van der Waals surface area contributed by atoms with Gasteiger partial charge in [-0.15, -0.1) is 0 Å². The fourth-order valence-corrected chi connectivity index (χ4v) is 2.15. The van der Waals surface area contributed by atoms with Gasteiger partial charge in [-0.2, -0.15) is 0 Å². The molecule has 2 aromatic carbocycles. The van der Waals surface area contributed by atoms with Crippen molar-refractivity contribution >= 4 is 5.69 Å². The molecule has 0 fully saturated rings. The molecule has 1 heterocycles. The molecule has 94 valence electrons. The van der Waals surface area contributed by atoms with E-state index in [9.17, 15) is 0 Å². The summed E-state index contributed by atoms with van der Waals surface area (Å²) in [5.41, 5.74) is 9.03. The molecule has 0 amide bonds. The standard InChI is InChI=1S/C16H15N3/c17-15-9-5-4-8-14(15)12-19-11-10-18-16(19)13-6-2-1-3-7-13/h1-11H,12,17H2. The summed E-state index contributed by atoms with van der Waals surface area (Å²) in [7, 11) is 0. The van der Waals surface area contributed by atoms with E-state index in [4.69, 9.17) is 5.73 Å². The fourth-order valence-electron chi connectivity index (χ4n) is 2.15. The Kier molecular flexibility index (Phi) is 3.02. The monoisotopic (exact) mass is 249 g/mol. The molecular weight excluding hydrogens is 234 g/mol. The lowest BCUT2D eigenvalue weighted by Crippen LogP contribution is -2.03. The normalized spacial score (nSPS) is 10.5. The van der Waals surface area contributed by atoms with Gasteiger partial charge in [0, 0.05) is 23.6 Å². The van der Waals surface area contributed by atoms with E-state index in [1.165, 1.54) is 0 Å². The van der Waals surface area contributed by atoms with Crippen LogP contribution in [0.2, 0.25) is 0 Å². The molecule has 0 saturated heterocycles. The van der Waals surface area contributed by atoms with Crippen LogP contribution in [-0.2, 0) is 6.54 Å². The quantitative estimate of drug-likeness (QED) is 0.724. The molecule has 3 aromatic rings. The van der Waals surface area contributed by atoms with Gasteiger partial charge in [0.25, 0.3) is 0 Å². The van der Waals surface area contributed by atoms with Gasteiger partial charge in [-0.3, -0.25) is 0 Å². The van der Waals surface area contributed by atoms with E-state index >= 15 is 0 Å². The van der Waals surface area contributed by atoms with Crippen LogP contribution in [0.25, 0.3) is 11.4 Å². The van der Waals surface area contributed by atoms with Crippen LogP contribution in [0.5, 0.6) is 0 Å². The van der Waals surface area contributed by atoms with Crippen LogP contribution in [0.1, 0.15) is 5.56 Å². The van der Waals surface area contributed by atoms with Crippen molar-refractivity contribution in [2.75, 3.05) is 5.73 Å². The molecule has 0 unspecified atom stereocenters. The molecule has 0 aliphatic carbocycles. The Balaban J connectivity index is 1.96. The minimum absolute atomic E-state index is 0.733. The van der Waals surface area contributed by atoms with E-state index in [-0.39, 0.29) is 0 Å². The highest BCUT2D eigenvalue weighted by Crippen LogP contribution is 2.19. The van der Waals surface area contributed by atoms with Gasteiger partial charge in [0.05, 0.1) is 6.54 Å². The topological polar surface area (TPSA) is 43.8 Å². The third-order valence-electron chi connectivity index (χ3n) is 3.14. The van der Waals surface area contributed by atoms with Crippen LogP contribution in [0.3, 0.4) is 0 Å². The number of rotatable bonds is 3. The van der Waals surface area contributed by atoms with Gasteiger partial charge in [0.1, 0.15) is 5.82 Å². The third-order valence-corrected chi connectivity index (χ3v) is 3.14. The summed E-state index contributed by atoms with van der Waals surface area (Å²) in [5, 5.41) is 0. The van der Waals surface area contributed by atoms with Crippen molar-refractivity contribution in [2.45, 2.75) is 6.54 Å². The number of nitrogen functional groups attached to an aromatic ring is 1. The lowest BCUT2D eigenvalue weighted by molar-refractivity contribution is 0.809. The molecule has 0 atom stereocenters. The maximum Gasteiger partial charge on any atom is 0.140 e. The summed E-state index contributed by atoms with van der Waals surface area (Å²) in [5.74, 6) is 0.962. The van der Waals surface area contributed by atoms with Crippen molar-refractivity contribution in [3.8, 4) is 11.4 Å². The van der Waals surface area contributed by atoms with Gasteiger partial charge < -0.3 is 10.3 Å². The number of anilines is 1. The summed E-state index contributed by atoms with van der Waals surface area (Å²) < 4.78 is 2.11. The summed E-state index contributed by atoms with van der Waals surface area (Å²) in [6.07, 6.45) is 3.80. The number of hydrogen-bond acceptors (Lipinski definition) is 2. The number of aromatic nitrogens is 2. The zero-order chi connectivity index (χ0) is 13.1. The lowest BCUT2D eigenvalue weighted by atomic mass is 10.1. The lowest BCUT2D eigenvalue weighted by Gasteiger charge is -2.10. The largest absolute Gasteiger partial charge is 0.398 e. The van der Waals surface area contributed by atoms with Crippen LogP contribution in [-0.4, -0.2) is 9.55 Å². The van der Waals surface area contributed by atoms with Gasteiger partial charge in [-0.1, -0.05) is 48.5 Å². The molecule has 3 heteroatoms. The minimum atomic E-state index is 0.733. The second-order valence-corrected chi connectivity index (χ2v) is 4.44.